The average Bonchev–Trinajstić information content (AvgIpc) is 3.06. The van der Waals surface area contributed by atoms with E-state index in [1.807, 2.05) is 0 Å². The standard InChI is InChI=1S/C19H18F6N6/c20-18(21,22)14-4-2-13(3-5-14)11-29-6-1-7-30(9-8-29)16-10-15(19(23,24)25)28-17-26-12-27-31(16)17/h2-5,10,12H,1,6-9,11H2. The number of aromatic nitrogens is 4. The Kier molecular flexibility index (Phi) is 5.50. The first-order valence-corrected chi connectivity index (χ1v) is 9.53. The maximum atomic E-state index is 13.2. The van der Waals surface area contributed by atoms with Crippen LogP contribution in [0.1, 0.15) is 23.2 Å². The van der Waals surface area contributed by atoms with Gasteiger partial charge in [0.05, 0.1) is 5.56 Å². The molecule has 4 rings (SSSR count). The van der Waals surface area contributed by atoms with Crippen molar-refractivity contribution in [1.29, 1.82) is 0 Å². The summed E-state index contributed by atoms with van der Waals surface area (Å²) >= 11 is 0. The van der Waals surface area contributed by atoms with Gasteiger partial charge in [-0.05, 0) is 24.1 Å². The zero-order chi connectivity index (χ0) is 22.2. The van der Waals surface area contributed by atoms with E-state index in [0.29, 0.717) is 39.1 Å². The molecule has 0 aliphatic carbocycles. The molecule has 1 aliphatic rings. The molecule has 0 N–H and O–H groups in total. The Labute approximate surface area is 173 Å². The minimum absolute atomic E-state index is 0.129. The Bertz CT molecular complexity index is 1040. The Balaban J connectivity index is 1.49. The van der Waals surface area contributed by atoms with Gasteiger partial charge in [0.25, 0.3) is 5.78 Å². The number of hydrogen-bond donors (Lipinski definition) is 0. The number of hydrogen-bond acceptors (Lipinski definition) is 5. The van der Waals surface area contributed by atoms with Gasteiger partial charge in [0.2, 0.25) is 0 Å². The van der Waals surface area contributed by atoms with Gasteiger partial charge in [-0.3, -0.25) is 4.90 Å². The molecule has 166 valence electrons. The van der Waals surface area contributed by atoms with Crippen LogP contribution >= 0.6 is 0 Å². The Morgan fingerprint density at radius 2 is 1.61 bits per heavy atom. The largest absolute Gasteiger partial charge is 0.433 e. The van der Waals surface area contributed by atoms with Gasteiger partial charge in [0.1, 0.15) is 12.1 Å². The van der Waals surface area contributed by atoms with E-state index in [-0.39, 0.29) is 11.6 Å². The van der Waals surface area contributed by atoms with E-state index in [1.54, 1.807) is 4.90 Å². The highest BCUT2D eigenvalue weighted by atomic mass is 19.4. The van der Waals surface area contributed by atoms with Gasteiger partial charge in [-0.2, -0.15) is 40.9 Å². The molecule has 0 amide bonds. The highest BCUT2D eigenvalue weighted by molar-refractivity contribution is 5.48. The minimum Gasteiger partial charge on any atom is -0.355 e. The molecule has 0 atom stereocenters. The predicted molar refractivity (Wildman–Crippen MR) is 99.3 cm³/mol. The van der Waals surface area contributed by atoms with E-state index in [9.17, 15) is 26.3 Å². The number of fused-ring (bicyclic) bond motifs is 1. The van der Waals surface area contributed by atoms with Crippen LogP contribution in [0.15, 0.2) is 36.7 Å². The molecule has 0 radical (unpaired) electrons. The fourth-order valence-electron chi connectivity index (χ4n) is 3.58. The van der Waals surface area contributed by atoms with Crippen molar-refractivity contribution in [2.45, 2.75) is 25.3 Å². The van der Waals surface area contributed by atoms with E-state index >= 15 is 0 Å². The monoisotopic (exact) mass is 444 g/mol. The van der Waals surface area contributed by atoms with Crippen molar-refractivity contribution >= 4 is 11.6 Å². The number of nitrogens with zero attached hydrogens (tertiary/aromatic N) is 6. The minimum atomic E-state index is -4.61. The lowest BCUT2D eigenvalue weighted by molar-refractivity contribution is -0.141. The van der Waals surface area contributed by atoms with Crippen LogP contribution in [0, 0.1) is 0 Å². The van der Waals surface area contributed by atoms with Crippen LogP contribution in [0.4, 0.5) is 32.2 Å². The second kappa shape index (κ2) is 7.98. The highest BCUT2D eigenvalue weighted by Gasteiger charge is 2.35. The summed E-state index contributed by atoms with van der Waals surface area (Å²) in [6.45, 7) is 2.57. The van der Waals surface area contributed by atoms with Crippen molar-refractivity contribution in [3.63, 3.8) is 0 Å². The summed E-state index contributed by atoms with van der Waals surface area (Å²) in [5.41, 5.74) is -0.995. The molecule has 12 heteroatoms. The van der Waals surface area contributed by atoms with Gasteiger partial charge in [-0.25, -0.2) is 4.98 Å². The molecular weight excluding hydrogens is 426 g/mol. The van der Waals surface area contributed by atoms with Gasteiger partial charge in [0, 0.05) is 38.8 Å². The molecule has 0 bridgehead atoms. The zero-order valence-corrected chi connectivity index (χ0v) is 16.2. The molecule has 0 spiro atoms. The van der Waals surface area contributed by atoms with Crippen LogP contribution in [0.25, 0.3) is 5.78 Å². The first kappa shape index (κ1) is 21.3. The van der Waals surface area contributed by atoms with Crippen LogP contribution in [-0.4, -0.2) is 50.7 Å². The van der Waals surface area contributed by atoms with Crippen molar-refractivity contribution < 1.29 is 26.3 Å². The van der Waals surface area contributed by atoms with Gasteiger partial charge in [-0.1, -0.05) is 12.1 Å². The first-order valence-electron chi connectivity index (χ1n) is 9.53. The Morgan fingerprint density at radius 1 is 0.871 bits per heavy atom. The molecule has 3 aromatic rings. The number of benzene rings is 1. The fourth-order valence-corrected chi connectivity index (χ4v) is 3.58. The molecule has 1 aliphatic heterocycles. The lowest BCUT2D eigenvalue weighted by Gasteiger charge is -2.24. The SMILES string of the molecule is FC(F)(F)c1ccc(CN2CCCN(c3cc(C(F)(F)F)nc4ncnn34)CC2)cc1. The molecule has 6 nitrogen and oxygen atoms in total. The van der Waals surface area contributed by atoms with E-state index < -0.39 is 23.6 Å². The predicted octanol–water partition coefficient (Wildman–Crippen LogP) is 3.87. The molecule has 31 heavy (non-hydrogen) atoms. The van der Waals surface area contributed by atoms with Gasteiger partial charge < -0.3 is 4.90 Å². The lowest BCUT2D eigenvalue weighted by Crippen LogP contribution is -2.32. The molecule has 3 heterocycles. The van der Waals surface area contributed by atoms with Crippen LogP contribution in [0.5, 0.6) is 0 Å². The highest BCUT2D eigenvalue weighted by Crippen LogP contribution is 2.31. The summed E-state index contributed by atoms with van der Waals surface area (Å²) in [4.78, 5) is 11.2. The van der Waals surface area contributed by atoms with Crippen molar-refractivity contribution in [3.8, 4) is 0 Å². The summed E-state index contributed by atoms with van der Waals surface area (Å²) in [6.07, 6.45) is -7.17. The van der Waals surface area contributed by atoms with Gasteiger partial charge in [-0.15, -0.1) is 0 Å². The third-order valence-corrected chi connectivity index (χ3v) is 5.12. The molecule has 0 unspecified atom stereocenters. The molecular formula is C19H18F6N6. The van der Waals surface area contributed by atoms with Crippen LogP contribution in [-0.2, 0) is 18.9 Å². The smallest absolute Gasteiger partial charge is 0.355 e. The maximum Gasteiger partial charge on any atom is 0.433 e. The molecule has 1 aromatic carbocycles. The normalized spacial score (nSPS) is 16.6. The molecule has 0 saturated carbocycles. The van der Waals surface area contributed by atoms with E-state index in [0.717, 1.165) is 30.1 Å². The Morgan fingerprint density at radius 3 is 2.29 bits per heavy atom. The quantitative estimate of drug-likeness (QED) is 0.574. The third-order valence-electron chi connectivity index (χ3n) is 5.12. The number of anilines is 1. The fraction of sp³-hybridized carbons (Fsp3) is 0.421. The second-order valence-electron chi connectivity index (χ2n) is 7.28. The van der Waals surface area contributed by atoms with Crippen molar-refractivity contribution in [2.24, 2.45) is 0 Å². The maximum absolute atomic E-state index is 13.2. The van der Waals surface area contributed by atoms with E-state index in [1.165, 1.54) is 16.6 Å². The van der Waals surface area contributed by atoms with Crippen LogP contribution < -0.4 is 4.90 Å². The van der Waals surface area contributed by atoms with Crippen molar-refractivity contribution in [2.75, 3.05) is 31.1 Å². The lowest BCUT2D eigenvalue weighted by atomic mass is 10.1. The third kappa shape index (κ3) is 4.73. The zero-order valence-electron chi connectivity index (χ0n) is 16.2. The average molecular weight is 444 g/mol. The van der Waals surface area contributed by atoms with E-state index in [4.69, 9.17) is 0 Å². The van der Waals surface area contributed by atoms with Crippen molar-refractivity contribution in [1.82, 2.24) is 24.5 Å². The summed E-state index contributed by atoms with van der Waals surface area (Å²) in [6, 6.07) is 5.96. The number of halogens is 6. The van der Waals surface area contributed by atoms with Crippen LogP contribution in [0.3, 0.4) is 0 Å². The Hall–Kier alpha value is -2.89. The first-order chi connectivity index (χ1) is 14.6. The summed E-state index contributed by atoms with van der Waals surface area (Å²) in [5, 5.41) is 3.99. The second-order valence-corrected chi connectivity index (χ2v) is 7.28. The number of alkyl halides is 6. The molecule has 2 aromatic heterocycles. The molecule has 1 fully saturated rings. The van der Waals surface area contributed by atoms with Crippen LogP contribution in [0.2, 0.25) is 0 Å². The summed E-state index contributed by atoms with van der Waals surface area (Å²) in [7, 11) is 0. The summed E-state index contributed by atoms with van der Waals surface area (Å²) < 4.78 is 79.2. The number of rotatable bonds is 3. The van der Waals surface area contributed by atoms with Gasteiger partial charge >= 0.3 is 12.4 Å². The summed E-state index contributed by atoms with van der Waals surface area (Å²) in [5.74, 6) is 0.127. The van der Waals surface area contributed by atoms with Gasteiger partial charge in [0.15, 0.2) is 5.69 Å². The topological polar surface area (TPSA) is 49.6 Å². The van der Waals surface area contributed by atoms with E-state index in [2.05, 4.69) is 20.0 Å². The molecule has 1 saturated heterocycles. The van der Waals surface area contributed by atoms with Crippen molar-refractivity contribution in [3.05, 3.63) is 53.5 Å².